The van der Waals surface area contributed by atoms with E-state index >= 15 is 0 Å². The summed E-state index contributed by atoms with van der Waals surface area (Å²) in [6, 6.07) is 0.153. The van der Waals surface area contributed by atoms with Gasteiger partial charge in [0.2, 0.25) is 0 Å². The fourth-order valence-corrected chi connectivity index (χ4v) is 1.80. The van der Waals surface area contributed by atoms with E-state index in [0.29, 0.717) is 0 Å². The molecule has 0 unspecified atom stereocenters. The lowest BCUT2D eigenvalue weighted by Gasteiger charge is -2.30. The average Bonchev–Trinajstić information content (AvgIpc) is 2.22. The van der Waals surface area contributed by atoms with E-state index in [4.69, 9.17) is 10.5 Å². The van der Waals surface area contributed by atoms with Crippen molar-refractivity contribution in [3.05, 3.63) is 0 Å². The molecule has 1 aliphatic carbocycles. The maximum absolute atomic E-state index is 11.5. The van der Waals surface area contributed by atoms with Gasteiger partial charge in [-0.25, -0.2) is 4.79 Å². The summed E-state index contributed by atoms with van der Waals surface area (Å²) < 4.78 is 5.18. The van der Waals surface area contributed by atoms with E-state index in [-0.39, 0.29) is 18.2 Å². The molecule has 4 heteroatoms. The second kappa shape index (κ2) is 7.54. The smallest absolute Gasteiger partial charge is 0.407 e. The second-order valence-corrected chi connectivity index (χ2v) is 5.20. The third-order valence-electron chi connectivity index (χ3n) is 2.52. The molecule has 0 bridgehead atoms. The van der Waals surface area contributed by atoms with Crippen LogP contribution < -0.4 is 11.1 Å². The SMILES string of the molecule is CC.CC(C)(C)OC(=O)N[C@H]1CCCC[C@H]1N. The fourth-order valence-electron chi connectivity index (χ4n) is 1.80. The minimum atomic E-state index is -0.442. The molecule has 0 heterocycles. The van der Waals surface area contributed by atoms with Gasteiger partial charge in [-0.15, -0.1) is 0 Å². The molecule has 0 aromatic carbocycles. The van der Waals surface area contributed by atoms with Crippen LogP contribution in [0.5, 0.6) is 0 Å². The Kier molecular flexibility index (Phi) is 7.19. The predicted molar refractivity (Wildman–Crippen MR) is 70.9 cm³/mol. The number of carbonyl (C=O) groups excluding carboxylic acids is 1. The molecule has 1 amide bonds. The minimum absolute atomic E-state index is 0.0752. The first-order valence-corrected chi connectivity index (χ1v) is 6.63. The highest BCUT2D eigenvalue weighted by Crippen LogP contribution is 2.17. The van der Waals surface area contributed by atoms with E-state index in [1.54, 1.807) is 0 Å². The highest BCUT2D eigenvalue weighted by Gasteiger charge is 2.25. The molecule has 0 aromatic heterocycles. The second-order valence-electron chi connectivity index (χ2n) is 5.20. The number of amides is 1. The van der Waals surface area contributed by atoms with Crippen LogP contribution in [0.3, 0.4) is 0 Å². The first-order valence-electron chi connectivity index (χ1n) is 6.63. The first-order chi connectivity index (χ1) is 7.88. The van der Waals surface area contributed by atoms with Crippen LogP contribution >= 0.6 is 0 Å². The molecule has 1 aliphatic rings. The Labute approximate surface area is 105 Å². The van der Waals surface area contributed by atoms with Crippen LogP contribution in [0.15, 0.2) is 0 Å². The highest BCUT2D eigenvalue weighted by atomic mass is 16.6. The topological polar surface area (TPSA) is 64.3 Å². The summed E-state index contributed by atoms with van der Waals surface area (Å²) in [4.78, 5) is 11.5. The Morgan fingerprint density at radius 2 is 1.76 bits per heavy atom. The Morgan fingerprint density at radius 1 is 1.24 bits per heavy atom. The lowest BCUT2D eigenvalue weighted by Crippen LogP contribution is -2.50. The Hall–Kier alpha value is -0.770. The van der Waals surface area contributed by atoms with Crippen molar-refractivity contribution in [2.75, 3.05) is 0 Å². The monoisotopic (exact) mass is 244 g/mol. The van der Waals surface area contributed by atoms with Crippen molar-refractivity contribution in [1.29, 1.82) is 0 Å². The number of hydrogen-bond acceptors (Lipinski definition) is 3. The summed E-state index contributed by atoms with van der Waals surface area (Å²) in [5.41, 5.74) is 5.48. The largest absolute Gasteiger partial charge is 0.444 e. The Balaban J connectivity index is 0.00000121. The molecule has 1 fully saturated rings. The molecule has 0 spiro atoms. The molecular formula is C13H28N2O2. The molecule has 3 N–H and O–H groups in total. The van der Waals surface area contributed by atoms with Crippen molar-refractivity contribution in [2.24, 2.45) is 5.73 Å². The predicted octanol–water partition coefficient (Wildman–Crippen LogP) is 2.81. The van der Waals surface area contributed by atoms with Crippen molar-refractivity contribution in [1.82, 2.24) is 5.32 Å². The molecule has 2 atom stereocenters. The molecule has 0 saturated heterocycles. The van der Waals surface area contributed by atoms with E-state index in [1.807, 2.05) is 34.6 Å². The number of hydrogen-bond donors (Lipinski definition) is 2. The quantitative estimate of drug-likeness (QED) is 0.745. The van der Waals surface area contributed by atoms with Gasteiger partial charge >= 0.3 is 6.09 Å². The van der Waals surface area contributed by atoms with Gasteiger partial charge in [-0.3, -0.25) is 0 Å². The first kappa shape index (κ1) is 16.2. The van der Waals surface area contributed by atoms with Crippen LogP contribution in [0, 0.1) is 0 Å². The van der Waals surface area contributed by atoms with Crippen molar-refractivity contribution in [2.45, 2.75) is 78.0 Å². The number of nitrogens with one attached hydrogen (secondary N) is 1. The van der Waals surface area contributed by atoms with Crippen LogP contribution in [0.2, 0.25) is 0 Å². The lowest BCUT2D eigenvalue weighted by molar-refractivity contribution is 0.0486. The number of alkyl carbamates (subject to hydrolysis) is 1. The van der Waals surface area contributed by atoms with E-state index in [9.17, 15) is 4.79 Å². The average molecular weight is 244 g/mol. The summed E-state index contributed by atoms with van der Waals surface area (Å²) in [5.74, 6) is 0. The zero-order chi connectivity index (χ0) is 13.5. The van der Waals surface area contributed by atoms with Gasteiger partial charge < -0.3 is 15.8 Å². The third kappa shape index (κ3) is 7.21. The van der Waals surface area contributed by atoms with Gasteiger partial charge in [-0.05, 0) is 33.6 Å². The number of ether oxygens (including phenoxy) is 1. The van der Waals surface area contributed by atoms with Gasteiger partial charge in [0.15, 0.2) is 0 Å². The molecule has 4 nitrogen and oxygen atoms in total. The number of carbonyl (C=O) groups is 1. The van der Waals surface area contributed by atoms with Gasteiger partial charge in [-0.1, -0.05) is 26.7 Å². The van der Waals surface area contributed by atoms with Gasteiger partial charge in [-0.2, -0.15) is 0 Å². The van der Waals surface area contributed by atoms with Crippen LogP contribution in [-0.4, -0.2) is 23.8 Å². The van der Waals surface area contributed by atoms with Crippen LogP contribution in [-0.2, 0) is 4.74 Å². The third-order valence-corrected chi connectivity index (χ3v) is 2.52. The molecule has 102 valence electrons. The van der Waals surface area contributed by atoms with Crippen LogP contribution in [0.4, 0.5) is 4.79 Å². The molecule has 1 rings (SSSR count). The summed E-state index contributed by atoms with van der Waals surface area (Å²) in [5, 5.41) is 2.84. The molecular weight excluding hydrogens is 216 g/mol. The molecule has 1 saturated carbocycles. The van der Waals surface area contributed by atoms with E-state index in [1.165, 1.54) is 0 Å². The Bertz CT molecular complexity index is 224. The summed E-state index contributed by atoms with van der Waals surface area (Å²) >= 11 is 0. The summed E-state index contributed by atoms with van der Waals surface area (Å²) in [6.07, 6.45) is 3.88. The van der Waals surface area contributed by atoms with Gasteiger partial charge in [0.25, 0.3) is 0 Å². The zero-order valence-electron chi connectivity index (χ0n) is 11.9. The highest BCUT2D eigenvalue weighted by molar-refractivity contribution is 5.68. The van der Waals surface area contributed by atoms with E-state index in [2.05, 4.69) is 5.32 Å². The Morgan fingerprint density at radius 3 is 2.24 bits per heavy atom. The molecule has 0 aromatic rings. The standard InChI is InChI=1S/C11H22N2O2.C2H6/c1-11(2,3)15-10(14)13-9-7-5-4-6-8(9)12;1-2/h8-9H,4-7,12H2,1-3H3,(H,13,14);1-2H3/t8-,9+;/m1./s1. The fraction of sp³-hybridized carbons (Fsp3) is 0.923. The number of rotatable bonds is 1. The zero-order valence-corrected chi connectivity index (χ0v) is 11.9. The van der Waals surface area contributed by atoms with Crippen LogP contribution in [0.1, 0.15) is 60.3 Å². The van der Waals surface area contributed by atoms with Gasteiger partial charge in [0, 0.05) is 12.1 Å². The molecule has 0 aliphatic heterocycles. The van der Waals surface area contributed by atoms with E-state index in [0.717, 1.165) is 25.7 Å². The summed E-state index contributed by atoms with van der Waals surface area (Å²) in [6.45, 7) is 9.56. The van der Waals surface area contributed by atoms with Gasteiger partial charge in [0.05, 0.1) is 0 Å². The maximum Gasteiger partial charge on any atom is 0.407 e. The normalized spacial score (nSPS) is 24.4. The van der Waals surface area contributed by atoms with Crippen molar-refractivity contribution in [3.8, 4) is 0 Å². The van der Waals surface area contributed by atoms with Crippen molar-refractivity contribution >= 4 is 6.09 Å². The van der Waals surface area contributed by atoms with Crippen molar-refractivity contribution in [3.63, 3.8) is 0 Å². The summed E-state index contributed by atoms with van der Waals surface area (Å²) in [7, 11) is 0. The van der Waals surface area contributed by atoms with Crippen LogP contribution in [0.25, 0.3) is 0 Å². The van der Waals surface area contributed by atoms with Crippen molar-refractivity contribution < 1.29 is 9.53 Å². The van der Waals surface area contributed by atoms with Gasteiger partial charge in [0.1, 0.15) is 5.60 Å². The molecule has 0 radical (unpaired) electrons. The molecule has 17 heavy (non-hydrogen) atoms. The minimum Gasteiger partial charge on any atom is -0.444 e. The lowest BCUT2D eigenvalue weighted by atomic mass is 9.91. The maximum atomic E-state index is 11.5. The number of nitrogens with two attached hydrogens (primary N) is 1. The van der Waals surface area contributed by atoms with E-state index < -0.39 is 5.60 Å².